The van der Waals surface area contributed by atoms with Gasteiger partial charge in [0.1, 0.15) is 18.2 Å². The highest BCUT2D eigenvalue weighted by Gasteiger charge is 2.03. The van der Waals surface area contributed by atoms with Gasteiger partial charge in [0.25, 0.3) is 0 Å². The van der Waals surface area contributed by atoms with Crippen LogP contribution in [0.15, 0.2) is 42.7 Å². The van der Waals surface area contributed by atoms with E-state index in [1.54, 1.807) is 24.4 Å². The number of imidazole rings is 1. The predicted molar refractivity (Wildman–Crippen MR) is 98.0 cm³/mol. The zero-order chi connectivity index (χ0) is 19.5. The lowest BCUT2D eigenvalue weighted by molar-refractivity contribution is -0.134. The lowest BCUT2D eigenvalue weighted by Gasteiger charge is -2.10. The van der Waals surface area contributed by atoms with Crippen molar-refractivity contribution in [2.45, 2.75) is 19.9 Å². The second-order valence-electron chi connectivity index (χ2n) is 4.82. The maximum Gasteiger partial charge on any atom is 0.328 e. The Morgan fingerprint density at radius 2 is 1.88 bits per heavy atom. The van der Waals surface area contributed by atoms with E-state index in [2.05, 4.69) is 16.5 Å². The van der Waals surface area contributed by atoms with Crippen molar-refractivity contribution in [3.05, 3.63) is 58.6 Å². The highest BCUT2D eigenvalue weighted by molar-refractivity contribution is 6.35. The number of carboxylic acid groups (broad SMARTS) is 2. The number of aliphatic carboxylic acids is 2. The number of aromatic nitrogens is 2. The molecule has 0 fully saturated rings. The summed E-state index contributed by atoms with van der Waals surface area (Å²) in [4.78, 5) is 23.4. The number of hydrogen-bond acceptors (Lipinski definition) is 4. The van der Waals surface area contributed by atoms with Gasteiger partial charge in [-0.25, -0.2) is 14.6 Å². The van der Waals surface area contributed by atoms with Crippen molar-refractivity contribution < 1.29 is 24.5 Å². The Hall–Kier alpha value is -2.51. The molecule has 0 spiro atoms. The molecule has 0 atom stereocenters. The second-order valence-corrected chi connectivity index (χ2v) is 5.67. The predicted octanol–water partition coefficient (Wildman–Crippen LogP) is 3.54. The Bertz CT molecular complexity index is 758. The molecule has 9 heteroatoms. The lowest BCUT2D eigenvalue weighted by Crippen LogP contribution is -2.10. The van der Waals surface area contributed by atoms with Gasteiger partial charge in [0.15, 0.2) is 0 Å². The third-order valence-corrected chi connectivity index (χ3v) is 3.50. The fourth-order valence-corrected chi connectivity index (χ4v) is 2.31. The third-order valence-electron chi connectivity index (χ3n) is 2.97. The van der Waals surface area contributed by atoms with Crippen LogP contribution in [-0.4, -0.2) is 38.3 Å². The molecule has 0 saturated heterocycles. The van der Waals surface area contributed by atoms with E-state index in [4.69, 9.17) is 38.2 Å². The number of halogens is 2. The highest BCUT2D eigenvalue weighted by Crippen LogP contribution is 2.27. The smallest absolute Gasteiger partial charge is 0.328 e. The molecule has 0 bridgehead atoms. The van der Waals surface area contributed by atoms with Gasteiger partial charge in [0.2, 0.25) is 0 Å². The molecule has 0 radical (unpaired) electrons. The number of nitrogens with zero attached hydrogens (tertiary/aromatic N) is 2. The first kappa shape index (κ1) is 21.5. The van der Waals surface area contributed by atoms with E-state index in [0.29, 0.717) is 34.6 Å². The molecule has 26 heavy (non-hydrogen) atoms. The molecule has 0 amide bonds. The minimum absolute atomic E-state index is 0.531. The first-order chi connectivity index (χ1) is 12.3. The summed E-state index contributed by atoms with van der Waals surface area (Å²) >= 11 is 11.8. The fourth-order valence-electron chi connectivity index (χ4n) is 1.85. The van der Waals surface area contributed by atoms with Gasteiger partial charge in [-0.3, -0.25) is 0 Å². The van der Waals surface area contributed by atoms with E-state index in [0.717, 1.165) is 18.8 Å². The van der Waals surface area contributed by atoms with Crippen molar-refractivity contribution in [3.8, 4) is 5.75 Å². The average Bonchev–Trinajstić information content (AvgIpc) is 3.03. The lowest BCUT2D eigenvalue weighted by atomic mass is 10.3. The molecular formula is C17H18Cl2N2O5. The van der Waals surface area contributed by atoms with Gasteiger partial charge in [-0.2, -0.15) is 0 Å². The molecule has 0 aliphatic rings. The van der Waals surface area contributed by atoms with Gasteiger partial charge in [0.05, 0.1) is 11.6 Å². The van der Waals surface area contributed by atoms with Crippen LogP contribution < -0.4 is 4.74 Å². The van der Waals surface area contributed by atoms with Crippen molar-refractivity contribution in [1.82, 2.24) is 9.55 Å². The van der Waals surface area contributed by atoms with E-state index >= 15 is 0 Å². The molecule has 2 N–H and O–H groups in total. The quantitative estimate of drug-likeness (QED) is 0.689. The van der Waals surface area contributed by atoms with Crippen molar-refractivity contribution in [2.75, 3.05) is 6.61 Å². The summed E-state index contributed by atoms with van der Waals surface area (Å²) in [5.74, 6) is -0.806. The van der Waals surface area contributed by atoms with Gasteiger partial charge in [-0.05, 0) is 18.2 Å². The maximum absolute atomic E-state index is 9.55. The van der Waals surface area contributed by atoms with Crippen molar-refractivity contribution in [2.24, 2.45) is 0 Å². The van der Waals surface area contributed by atoms with Crippen LogP contribution in [0.5, 0.6) is 5.75 Å². The van der Waals surface area contributed by atoms with Gasteiger partial charge in [-0.15, -0.1) is 0 Å². The second kappa shape index (κ2) is 11.2. The number of benzene rings is 1. The Kier molecular flexibility index (Phi) is 9.25. The highest BCUT2D eigenvalue weighted by atomic mass is 35.5. The number of ether oxygens (including phenoxy) is 1. The summed E-state index contributed by atoms with van der Waals surface area (Å²) in [6, 6.07) is 5.21. The molecule has 1 heterocycles. The standard InChI is InChI=1S/C13H14Cl2N2O.C4H4O4/c1-2-13-16-5-6-17(13)7-8-18-12-4-3-10(14)9-11(12)15;5-3(6)1-2-4(7)8/h3-6,9H,2,7-8H2,1H3;1-2H,(H,5,6)(H,7,8)/b;2-1-. The Balaban J connectivity index is 0.000000359. The maximum atomic E-state index is 9.55. The van der Waals surface area contributed by atoms with Gasteiger partial charge in [0, 0.05) is 36.0 Å². The Morgan fingerprint density at radius 1 is 1.23 bits per heavy atom. The first-order valence-corrected chi connectivity index (χ1v) is 8.30. The Labute approximate surface area is 160 Å². The monoisotopic (exact) mass is 400 g/mol. The van der Waals surface area contributed by atoms with Crippen LogP contribution in [0, 0.1) is 0 Å². The topological polar surface area (TPSA) is 102 Å². The SMILES string of the molecule is CCc1nccn1CCOc1ccc(Cl)cc1Cl.O=C(O)/C=C\C(=O)O. The third kappa shape index (κ3) is 8.04. The average molecular weight is 401 g/mol. The minimum Gasteiger partial charge on any atom is -0.490 e. The van der Waals surface area contributed by atoms with Crippen LogP contribution >= 0.6 is 23.2 Å². The Morgan fingerprint density at radius 3 is 2.42 bits per heavy atom. The summed E-state index contributed by atoms with van der Waals surface area (Å²) < 4.78 is 7.70. The van der Waals surface area contributed by atoms with E-state index in [1.165, 1.54) is 0 Å². The summed E-state index contributed by atoms with van der Waals surface area (Å²) in [7, 11) is 0. The van der Waals surface area contributed by atoms with E-state index in [9.17, 15) is 9.59 Å². The number of carbonyl (C=O) groups is 2. The molecule has 0 saturated carbocycles. The van der Waals surface area contributed by atoms with Gasteiger partial charge in [-0.1, -0.05) is 30.1 Å². The van der Waals surface area contributed by atoms with Gasteiger partial charge >= 0.3 is 11.9 Å². The van der Waals surface area contributed by atoms with E-state index in [-0.39, 0.29) is 0 Å². The van der Waals surface area contributed by atoms with Crippen LogP contribution in [0.1, 0.15) is 12.7 Å². The van der Waals surface area contributed by atoms with Crippen molar-refractivity contribution >= 4 is 35.1 Å². The first-order valence-electron chi connectivity index (χ1n) is 7.55. The molecule has 0 aliphatic carbocycles. The minimum atomic E-state index is -1.26. The number of hydrogen-bond donors (Lipinski definition) is 2. The summed E-state index contributed by atoms with van der Waals surface area (Å²) in [6.45, 7) is 3.38. The zero-order valence-corrected chi connectivity index (χ0v) is 15.4. The largest absolute Gasteiger partial charge is 0.490 e. The molecule has 7 nitrogen and oxygen atoms in total. The van der Waals surface area contributed by atoms with Crippen LogP contribution in [0.4, 0.5) is 0 Å². The van der Waals surface area contributed by atoms with Gasteiger partial charge < -0.3 is 19.5 Å². The van der Waals surface area contributed by atoms with Crippen molar-refractivity contribution in [1.29, 1.82) is 0 Å². The molecule has 2 rings (SSSR count). The number of aryl methyl sites for hydroxylation is 1. The molecule has 140 valence electrons. The van der Waals surface area contributed by atoms with Crippen molar-refractivity contribution in [3.63, 3.8) is 0 Å². The van der Waals surface area contributed by atoms with E-state index in [1.807, 2.05) is 6.20 Å². The molecular weight excluding hydrogens is 383 g/mol. The normalized spacial score (nSPS) is 10.3. The molecule has 1 aromatic carbocycles. The van der Waals surface area contributed by atoms with Crippen LogP contribution in [0.3, 0.4) is 0 Å². The molecule has 1 aromatic heterocycles. The van der Waals surface area contributed by atoms with E-state index < -0.39 is 11.9 Å². The zero-order valence-electron chi connectivity index (χ0n) is 13.9. The fraction of sp³-hybridized carbons (Fsp3) is 0.235. The molecule has 2 aromatic rings. The number of rotatable bonds is 7. The summed E-state index contributed by atoms with van der Waals surface area (Å²) in [6.07, 6.45) is 5.78. The molecule has 0 unspecified atom stereocenters. The number of carboxylic acids is 2. The van der Waals surface area contributed by atoms with Crippen LogP contribution in [-0.2, 0) is 22.6 Å². The summed E-state index contributed by atoms with van der Waals surface area (Å²) in [5, 5.41) is 16.8. The van der Waals surface area contributed by atoms with Crippen LogP contribution in [0.2, 0.25) is 10.0 Å². The molecule has 0 aliphatic heterocycles. The van der Waals surface area contributed by atoms with Crippen LogP contribution in [0.25, 0.3) is 0 Å². The summed E-state index contributed by atoms with van der Waals surface area (Å²) in [5.41, 5.74) is 0.